The predicted octanol–water partition coefficient (Wildman–Crippen LogP) is 6.84. The number of benzene rings is 3. The van der Waals surface area contributed by atoms with Crippen LogP contribution in [-0.4, -0.2) is 152 Å². The number of likely N-dealkylation sites (tertiary alicyclic amines) is 1. The van der Waals surface area contributed by atoms with E-state index in [1.165, 1.54) is 24.1 Å². The normalized spacial score (nSPS) is 18.8. The van der Waals surface area contributed by atoms with Crippen molar-refractivity contribution in [3.8, 4) is 11.1 Å². The zero-order chi connectivity index (χ0) is 53.1. The molecule has 0 bridgehead atoms. The third kappa shape index (κ3) is 13.2. The number of nitrogens with one attached hydrogen (secondary N) is 2. The van der Waals surface area contributed by atoms with Crippen molar-refractivity contribution in [2.45, 2.75) is 135 Å². The number of hydroxylamine groups is 2. The van der Waals surface area contributed by atoms with Crippen LogP contribution in [0.4, 0.5) is 4.79 Å². The summed E-state index contributed by atoms with van der Waals surface area (Å²) < 4.78 is 18.1. The van der Waals surface area contributed by atoms with Crippen molar-refractivity contribution in [1.82, 2.24) is 30.4 Å². The summed E-state index contributed by atoms with van der Waals surface area (Å²) in [6.07, 6.45) is 0.979. The molecule has 0 radical (unpaired) electrons. The minimum absolute atomic E-state index is 0.0153. The predicted molar refractivity (Wildman–Crippen MR) is 279 cm³/mol. The number of carbonyl (C=O) groups excluding carboxylic acids is 6. The van der Waals surface area contributed by atoms with Gasteiger partial charge in [-0.15, -0.1) is 0 Å². The van der Waals surface area contributed by atoms with E-state index in [0.717, 1.165) is 27.8 Å². The van der Waals surface area contributed by atoms with E-state index in [2.05, 4.69) is 29.7 Å². The summed E-state index contributed by atoms with van der Waals surface area (Å²) in [6, 6.07) is 22.1. The molecule has 73 heavy (non-hydrogen) atoms. The number of hydrogen-bond acceptors (Lipinski definition) is 11. The molecule has 3 aromatic carbocycles. The van der Waals surface area contributed by atoms with E-state index in [-0.39, 0.29) is 60.8 Å². The summed E-state index contributed by atoms with van der Waals surface area (Å²) in [5, 5.41) is 6.99. The molecular formula is C57H80N6O10. The van der Waals surface area contributed by atoms with E-state index < -0.39 is 66.2 Å². The summed E-state index contributed by atoms with van der Waals surface area (Å²) in [5.74, 6) is -3.61. The summed E-state index contributed by atoms with van der Waals surface area (Å²) in [7, 11) is 6.45. The molecule has 9 atom stereocenters. The highest BCUT2D eigenvalue weighted by molar-refractivity contribution is 6.01. The molecule has 0 unspecified atom stereocenters. The van der Waals surface area contributed by atoms with Crippen LogP contribution in [0.1, 0.15) is 103 Å². The molecule has 2 N–H and O–H groups in total. The van der Waals surface area contributed by atoms with Gasteiger partial charge in [-0.2, -0.15) is 0 Å². The van der Waals surface area contributed by atoms with E-state index >= 15 is 0 Å². The molecule has 2 saturated heterocycles. The molecule has 2 fully saturated rings. The first-order valence-corrected chi connectivity index (χ1v) is 26.2. The molecule has 2 aliphatic heterocycles. The maximum atomic E-state index is 14.6. The molecular weight excluding hydrogens is 929 g/mol. The Kier molecular flexibility index (Phi) is 20.2. The SMILES string of the molecule is CC[C@H](C)[C@@H]([C@@H](CC(=O)N1CCC[C@H]1[C@H](OC)[C@@H](C)C(=O)N[C@@H](Cc1ccccc1)C(=O)N1CCCO1)OC)N(C)[C@H](C(=O)NC(=O)[C@H](C(C)C)N(C)C(=O)OCC1c2ccccc2-c2ccccc21)C(C)C. The first kappa shape index (κ1) is 56.6. The summed E-state index contributed by atoms with van der Waals surface area (Å²) in [5.41, 5.74) is 5.24. The molecule has 3 aromatic rings. The second kappa shape index (κ2) is 26.0. The number of hydrogen-bond donors (Lipinski definition) is 2. The van der Waals surface area contributed by atoms with E-state index in [9.17, 15) is 28.8 Å². The van der Waals surface area contributed by atoms with Gasteiger partial charge < -0.3 is 24.4 Å². The number of carbonyl (C=O) groups is 6. The smallest absolute Gasteiger partial charge is 0.410 e. The van der Waals surface area contributed by atoms with Crippen molar-refractivity contribution in [2.24, 2.45) is 23.7 Å². The molecule has 3 aliphatic rings. The molecule has 0 aromatic heterocycles. The largest absolute Gasteiger partial charge is 0.448 e. The zero-order valence-corrected chi connectivity index (χ0v) is 44.9. The summed E-state index contributed by atoms with van der Waals surface area (Å²) in [4.78, 5) is 95.3. The van der Waals surface area contributed by atoms with Gasteiger partial charge in [0.15, 0.2) is 0 Å². The van der Waals surface area contributed by atoms with Gasteiger partial charge in [0.25, 0.3) is 5.91 Å². The van der Waals surface area contributed by atoms with Crippen molar-refractivity contribution >= 4 is 35.6 Å². The van der Waals surface area contributed by atoms with Gasteiger partial charge >= 0.3 is 6.09 Å². The van der Waals surface area contributed by atoms with Crippen LogP contribution in [-0.2, 0) is 49.4 Å². The van der Waals surface area contributed by atoms with Crippen LogP contribution in [0.2, 0.25) is 0 Å². The second-order valence-corrected chi connectivity index (χ2v) is 20.8. The molecule has 16 nitrogen and oxygen atoms in total. The van der Waals surface area contributed by atoms with Gasteiger partial charge in [-0.25, -0.2) is 9.86 Å². The average molecular weight is 1010 g/mol. The lowest BCUT2D eigenvalue weighted by Gasteiger charge is -2.43. The lowest BCUT2D eigenvalue weighted by Crippen LogP contribution is -2.60. The topological polar surface area (TPSA) is 176 Å². The molecule has 6 rings (SSSR count). The number of ether oxygens (including phenoxy) is 3. The van der Waals surface area contributed by atoms with Crippen LogP contribution in [0.25, 0.3) is 11.1 Å². The fourth-order valence-electron chi connectivity index (χ4n) is 11.5. The number of amides is 6. The Balaban J connectivity index is 1.11. The summed E-state index contributed by atoms with van der Waals surface area (Å²) >= 11 is 0. The van der Waals surface area contributed by atoms with Crippen LogP contribution in [0, 0.1) is 23.7 Å². The van der Waals surface area contributed by atoms with Gasteiger partial charge in [-0.05, 0) is 71.9 Å². The van der Waals surface area contributed by atoms with Gasteiger partial charge in [0, 0.05) is 46.2 Å². The maximum absolute atomic E-state index is 14.6. The minimum Gasteiger partial charge on any atom is -0.448 e. The monoisotopic (exact) mass is 1010 g/mol. The fraction of sp³-hybridized carbons (Fsp3) is 0.579. The molecule has 16 heteroatoms. The van der Waals surface area contributed by atoms with Crippen molar-refractivity contribution in [3.63, 3.8) is 0 Å². The molecule has 1 aliphatic carbocycles. The quantitative estimate of drug-likeness (QED) is 0.102. The number of imide groups is 1. The zero-order valence-electron chi connectivity index (χ0n) is 44.9. The van der Waals surface area contributed by atoms with Crippen molar-refractivity contribution in [3.05, 3.63) is 95.6 Å². The molecule has 0 spiro atoms. The highest BCUT2D eigenvalue weighted by atomic mass is 16.7. The highest BCUT2D eigenvalue weighted by Crippen LogP contribution is 2.44. The molecule has 6 amide bonds. The Bertz CT molecular complexity index is 2310. The Morgan fingerprint density at radius 3 is 1.92 bits per heavy atom. The lowest BCUT2D eigenvalue weighted by molar-refractivity contribution is -0.172. The third-order valence-corrected chi connectivity index (χ3v) is 15.4. The minimum atomic E-state index is -1.02. The Morgan fingerprint density at radius 2 is 1.36 bits per heavy atom. The average Bonchev–Trinajstić information content (AvgIpc) is 4.16. The van der Waals surface area contributed by atoms with E-state index in [1.807, 2.05) is 113 Å². The Morgan fingerprint density at radius 1 is 0.753 bits per heavy atom. The van der Waals surface area contributed by atoms with Gasteiger partial charge in [0.2, 0.25) is 23.6 Å². The van der Waals surface area contributed by atoms with Crippen LogP contribution in [0.3, 0.4) is 0 Å². The third-order valence-electron chi connectivity index (χ3n) is 15.4. The lowest BCUT2D eigenvalue weighted by atomic mass is 9.87. The van der Waals surface area contributed by atoms with Gasteiger partial charge in [0.1, 0.15) is 18.7 Å². The van der Waals surface area contributed by atoms with Crippen molar-refractivity contribution in [1.29, 1.82) is 0 Å². The number of fused-ring (bicyclic) bond motifs is 3. The number of rotatable bonds is 23. The fourth-order valence-corrected chi connectivity index (χ4v) is 11.5. The first-order chi connectivity index (χ1) is 34.9. The Hall–Kier alpha value is -5.68. The van der Waals surface area contributed by atoms with Crippen molar-refractivity contribution < 1.29 is 47.8 Å². The number of methoxy groups -OCH3 is 2. The maximum Gasteiger partial charge on any atom is 0.410 e. The number of nitrogens with zero attached hydrogens (tertiary/aromatic N) is 4. The van der Waals surface area contributed by atoms with Gasteiger partial charge in [0.05, 0.1) is 49.8 Å². The van der Waals surface area contributed by atoms with Gasteiger partial charge in [-0.3, -0.25) is 43.9 Å². The van der Waals surface area contributed by atoms with Crippen LogP contribution in [0.5, 0.6) is 0 Å². The molecule has 2 heterocycles. The van der Waals surface area contributed by atoms with Gasteiger partial charge in [-0.1, -0.05) is 134 Å². The summed E-state index contributed by atoms with van der Waals surface area (Å²) in [6.45, 7) is 14.7. The van der Waals surface area contributed by atoms with Crippen LogP contribution < -0.4 is 10.6 Å². The standard InChI is InChI=1S/C57H80N6O10/c1-12-37(6)51(47(70-10)33-48(64)62-29-20-28-46(62)52(71-11)38(7)53(65)58-45(32-39-22-14-13-15-23-39)56(68)63-30-21-31-73-63)60(8)49(35(2)3)54(66)59-55(67)50(36(4)5)61(9)57(69)72-34-44-42-26-18-16-24-40(42)41-25-17-19-27-43(41)44/h13-19,22-27,35-38,44-47,49-52H,12,20-21,28-34H2,1-11H3,(H,58,65)(H,59,66,67)/t37-,38+,45-,46-,47+,49-,50-,51-,52+/m0/s1. The van der Waals surface area contributed by atoms with Crippen molar-refractivity contribution in [2.75, 3.05) is 54.6 Å². The van der Waals surface area contributed by atoms with E-state index in [4.69, 9.17) is 19.0 Å². The Labute approximate surface area is 432 Å². The molecule has 398 valence electrons. The molecule has 0 saturated carbocycles. The number of likely N-dealkylation sites (N-methyl/N-ethyl adjacent to an activating group) is 2. The van der Waals surface area contributed by atoms with E-state index in [1.54, 1.807) is 18.9 Å². The second-order valence-electron chi connectivity index (χ2n) is 20.8. The highest BCUT2D eigenvalue weighted by Gasteiger charge is 2.45. The van der Waals surface area contributed by atoms with Crippen LogP contribution in [0.15, 0.2) is 78.9 Å². The van der Waals surface area contributed by atoms with E-state index in [0.29, 0.717) is 45.4 Å². The first-order valence-electron chi connectivity index (χ1n) is 26.2. The van der Waals surface area contributed by atoms with Crippen LogP contribution >= 0.6 is 0 Å².